The average molecular weight is 475 g/mol. The van der Waals surface area contributed by atoms with Crippen LogP contribution in [0.15, 0.2) is 24.3 Å². The van der Waals surface area contributed by atoms with E-state index in [4.69, 9.17) is 21.1 Å². The van der Waals surface area contributed by atoms with Crippen LogP contribution in [0.5, 0.6) is 0 Å². The molecule has 1 saturated heterocycles. The van der Waals surface area contributed by atoms with Crippen LogP contribution in [0.3, 0.4) is 0 Å². The van der Waals surface area contributed by atoms with E-state index in [2.05, 4.69) is 0 Å². The number of nitrogens with zero attached hydrogens (tertiary/aromatic N) is 2. The second-order valence-corrected chi connectivity index (χ2v) is 8.53. The van der Waals surface area contributed by atoms with Gasteiger partial charge in [0, 0.05) is 31.0 Å². The van der Waals surface area contributed by atoms with Gasteiger partial charge in [0.25, 0.3) is 5.91 Å². The maximum absolute atomic E-state index is 13.5. The summed E-state index contributed by atoms with van der Waals surface area (Å²) in [4.78, 5) is 41.0. The molecule has 0 aliphatic carbocycles. The van der Waals surface area contributed by atoms with Crippen molar-refractivity contribution in [1.82, 2.24) is 9.47 Å². The summed E-state index contributed by atoms with van der Waals surface area (Å²) in [5.41, 5.74) is 2.43. The number of benzene rings is 1. The number of ketones is 1. The summed E-state index contributed by atoms with van der Waals surface area (Å²) in [5.74, 6) is -1.01. The number of rotatable bonds is 9. The van der Waals surface area contributed by atoms with Gasteiger partial charge in [0.1, 0.15) is 5.69 Å². The van der Waals surface area contributed by atoms with E-state index >= 15 is 0 Å². The monoisotopic (exact) mass is 474 g/mol. The summed E-state index contributed by atoms with van der Waals surface area (Å²) >= 11 is 6.27. The van der Waals surface area contributed by atoms with Crippen LogP contribution in [0.4, 0.5) is 0 Å². The molecule has 3 rings (SSSR count). The van der Waals surface area contributed by atoms with Crippen LogP contribution in [0.1, 0.15) is 69.2 Å². The van der Waals surface area contributed by atoms with E-state index in [0.29, 0.717) is 52.8 Å². The molecule has 7 nitrogen and oxygen atoms in total. The number of carbonyl (C=O) groups is 3. The predicted molar refractivity (Wildman–Crippen MR) is 126 cm³/mol. The zero-order valence-electron chi connectivity index (χ0n) is 19.7. The molecule has 0 bridgehead atoms. The maximum Gasteiger partial charge on any atom is 0.355 e. The van der Waals surface area contributed by atoms with Gasteiger partial charge in [-0.1, -0.05) is 23.7 Å². The molecule has 0 saturated carbocycles. The summed E-state index contributed by atoms with van der Waals surface area (Å²) in [7, 11) is 0. The lowest BCUT2D eigenvalue weighted by molar-refractivity contribution is 0.0505. The minimum atomic E-state index is -0.456. The second kappa shape index (κ2) is 11.0. The largest absolute Gasteiger partial charge is 0.461 e. The number of Topliss-reactive ketones (excluding diaryl/α,β-unsaturated/α-hetero) is 1. The first kappa shape index (κ1) is 25.0. The molecule has 1 atom stereocenters. The number of ether oxygens (including phenoxy) is 2. The molecule has 1 aliphatic rings. The van der Waals surface area contributed by atoms with Gasteiger partial charge >= 0.3 is 5.97 Å². The number of hydrogen-bond acceptors (Lipinski definition) is 5. The van der Waals surface area contributed by atoms with Crippen molar-refractivity contribution in [3.63, 3.8) is 0 Å². The molecule has 178 valence electrons. The van der Waals surface area contributed by atoms with Crippen molar-refractivity contribution in [2.75, 3.05) is 26.3 Å². The van der Waals surface area contributed by atoms with Crippen molar-refractivity contribution in [3.8, 4) is 0 Å². The Morgan fingerprint density at radius 2 is 1.94 bits per heavy atom. The molecule has 0 spiro atoms. The third kappa shape index (κ3) is 5.31. The number of hydrogen-bond donors (Lipinski definition) is 0. The van der Waals surface area contributed by atoms with Crippen LogP contribution >= 0.6 is 11.6 Å². The predicted octanol–water partition coefficient (Wildman–Crippen LogP) is 4.46. The Balaban J connectivity index is 1.94. The fourth-order valence-corrected chi connectivity index (χ4v) is 4.69. The number of amides is 1. The van der Waals surface area contributed by atoms with Gasteiger partial charge in [-0.05, 0) is 58.2 Å². The Bertz CT molecular complexity index is 1040. The fourth-order valence-electron chi connectivity index (χ4n) is 4.47. The molecule has 33 heavy (non-hydrogen) atoms. The molecule has 1 aliphatic heterocycles. The quantitative estimate of drug-likeness (QED) is 0.396. The molecule has 0 unspecified atom stereocenters. The molecule has 1 aromatic heterocycles. The van der Waals surface area contributed by atoms with E-state index in [1.165, 1.54) is 4.90 Å². The lowest BCUT2D eigenvalue weighted by Gasteiger charge is -2.25. The topological polar surface area (TPSA) is 77.8 Å². The first-order valence-corrected chi connectivity index (χ1v) is 11.7. The van der Waals surface area contributed by atoms with Crippen LogP contribution in [0.25, 0.3) is 0 Å². The molecule has 2 aromatic rings. The summed E-state index contributed by atoms with van der Waals surface area (Å²) in [6.45, 7) is 8.79. The molecule has 1 fully saturated rings. The highest BCUT2D eigenvalue weighted by molar-refractivity contribution is 6.33. The molecular formula is C25H31ClN2O5. The van der Waals surface area contributed by atoms with Crippen molar-refractivity contribution >= 4 is 29.3 Å². The van der Waals surface area contributed by atoms with Crippen molar-refractivity contribution in [2.45, 2.75) is 53.2 Å². The molecule has 1 aromatic carbocycles. The van der Waals surface area contributed by atoms with E-state index in [-0.39, 0.29) is 30.9 Å². The van der Waals surface area contributed by atoms with Gasteiger partial charge in [0.2, 0.25) is 0 Å². The third-order valence-electron chi connectivity index (χ3n) is 6.00. The summed E-state index contributed by atoms with van der Waals surface area (Å²) in [5, 5.41) is 0.335. The van der Waals surface area contributed by atoms with Crippen molar-refractivity contribution in [3.05, 3.63) is 57.4 Å². The maximum atomic E-state index is 13.5. The smallest absolute Gasteiger partial charge is 0.355 e. The Hall–Kier alpha value is -2.64. The normalized spacial score (nSPS) is 15.5. The molecule has 1 amide bonds. The number of halogens is 1. The average Bonchev–Trinajstić information content (AvgIpc) is 3.38. The lowest BCUT2D eigenvalue weighted by Crippen LogP contribution is -2.41. The number of esters is 1. The Labute approximate surface area is 199 Å². The minimum absolute atomic E-state index is 0.123. The van der Waals surface area contributed by atoms with Gasteiger partial charge < -0.3 is 18.9 Å². The molecule has 2 heterocycles. The number of aromatic nitrogens is 1. The zero-order valence-corrected chi connectivity index (χ0v) is 20.4. The Kier molecular flexibility index (Phi) is 8.32. The Morgan fingerprint density at radius 1 is 1.21 bits per heavy atom. The van der Waals surface area contributed by atoms with Crippen LogP contribution < -0.4 is 0 Å². The summed E-state index contributed by atoms with van der Waals surface area (Å²) in [6.07, 6.45) is 1.63. The van der Waals surface area contributed by atoms with Gasteiger partial charge in [-0.3, -0.25) is 9.59 Å². The third-order valence-corrected chi connectivity index (χ3v) is 6.33. The van der Waals surface area contributed by atoms with Crippen molar-refractivity contribution in [2.24, 2.45) is 0 Å². The van der Waals surface area contributed by atoms with E-state index in [0.717, 1.165) is 12.8 Å². The van der Waals surface area contributed by atoms with E-state index in [9.17, 15) is 14.4 Å². The SMILES string of the molecule is CCOC(=O)c1c(C)c(C(=O)CN(C[C@H]2CCCO2)C(=O)c2ccccc2Cl)c(C)n1CC. The van der Waals surface area contributed by atoms with Gasteiger partial charge in [0.05, 0.1) is 29.8 Å². The fraction of sp³-hybridized carbons (Fsp3) is 0.480. The second-order valence-electron chi connectivity index (χ2n) is 8.12. The molecule has 0 N–H and O–H groups in total. The molecule has 0 radical (unpaired) electrons. The summed E-state index contributed by atoms with van der Waals surface area (Å²) in [6, 6.07) is 6.81. The van der Waals surface area contributed by atoms with Gasteiger partial charge in [-0.25, -0.2) is 4.79 Å². The van der Waals surface area contributed by atoms with Crippen LogP contribution in [0, 0.1) is 13.8 Å². The highest BCUT2D eigenvalue weighted by atomic mass is 35.5. The Morgan fingerprint density at radius 3 is 2.55 bits per heavy atom. The van der Waals surface area contributed by atoms with Crippen molar-refractivity contribution < 1.29 is 23.9 Å². The molecule has 8 heteroatoms. The minimum Gasteiger partial charge on any atom is -0.461 e. The van der Waals surface area contributed by atoms with Crippen LogP contribution in [-0.4, -0.2) is 59.5 Å². The standard InChI is InChI=1S/C25H31ClN2O5/c1-5-28-17(4)22(16(3)23(28)25(31)32-6-2)21(29)15-27(14-18-10-9-13-33-18)24(30)19-11-7-8-12-20(19)26/h7-8,11-12,18H,5-6,9-10,13-15H2,1-4H3/t18-/m1/s1. The summed E-state index contributed by atoms with van der Waals surface area (Å²) < 4.78 is 12.7. The van der Waals surface area contributed by atoms with Crippen molar-refractivity contribution in [1.29, 1.82) is 0 Å². The first-order valence-electron chi connectivity index (χ1n) is 11.3. The van der Waals surface area contributed by atoms with Gasteiger partial charge in [-0.15, -0.1) is 0 Å². The molecular weight excluding hydrogens is 444 g/mol. The van der Waals surface area contributed by atoms with E-state index in [1.54, 1.807) is 42.7 Å². The number of carbonyl (C=O) groups excluding carboxylic acids is 3. The van der Waals surface area contributed by atoms with Crippen LogP contribution in [0.2, 0.25) is 5.02 Å². The first-order chi connectivity index (χ1) is 15.8. The highest BCUT2D eigenvalue weighted by Gasteiger charge is 2.30. The lowest BCUT2D eigenvalue weighted by atomic mass is 10.0. The highest BCUT2D eigenvalue weighted by Crippen LogP contribution is 2.25. The van der Waals surface area contributed by atoms with E-state index in [1.807, 2.05) is 13.8 Å². The van der Waals surface area contributed by atoms with E-state index < -0.39 is 5.97 Å². The van der Waals surface area contributed by atoms with Gasteiger partial charge in [-0.2, -0.15) is 0 Å². The van der Waals surface area contributed by atoms with Crippen LogP contribution in [-0.2, 0) is 16.0 Å². The van der Waals surface area contributed by atoms with Gasteiger partial charge in [0.15, 0.2) is 5.78 Å². The zero-order chi connectivity index (χ0) is 24.1.